The van der Waals surface area contributed by atoms with Gasteiger partial charge in [-0.05, 0) is 36.5 Å². The number of methoxy groups -OCH3 is 1. The fourth-order valence-electron chi connectivity index (χ4n) is 2.37. The van der Waals surface area contributed by atoms with Crippen LogP contribution in [0.1, 0.15) is 40.8 Å². The molecule has 2 rings (SSSR count). The van der Waals surface area contributed by atoms with Crippen LogP contribution in [0.5, 0.6) is 5.75 Å². The molecule has 0 aromatic heterocycles. The molecule has 0 aliphatic heterocycles. The minimum Gasteiger partial charge on any atom is -0.496 e. The van der Waals surface area contributed by atoms with Gasteiger partial charge < -0.3 is 4.74 Å². The van der Waals surface area contributed by atoms with Gasteiger partial charge in [0, 0.05) is 10.4 Å². The third kappa shape index (κ3) is 1.36. The van der Waals surface area contributed by atoms with Crippen LogP contribution in [0.25, 0.3) is 0 Å². The molecule has 2 heteroatoms. The van der Waals surface area contributed by atoms with Crippen LogP contribution >= 0.6 is 15.9 Å². The van der Waals surface area contributed by atoms with Crippen LogP contribution in [-0.4, -0.2) is 7.11 Å². The number of benzene rings is 1. The maximum Gasteiger partial charge on any atom is 0.122 e. The van der Waals surface area contributed by atoms with E-state index in [2.05, 4.69) is 41.9 Å². The van der Waals surface area contributed by atoms with Crippen LogP contribution in [0.15, 0.2) is 12.1 Å². The predicted octanol–water partition coefficient (Wildman–Crippen LogP) is 3.95. The molecule has 0 amide bonds. The van der Waals surface area contributed by atoms with Gasteiger partial charge in [0.1, 0.15) is 5.75 Å². The Morgan fingerprint density at radius 1 is 1.36 bits per heavy atom. The molecule has 0 heterocycles. The van der Waals surface area contributed by atoms with Gasteiger partial charge in [-0.15, -0.1) is 0 Å². The maximum atomic E-state index is 5.41. The van der Waals surface area contributed by atoms with E-state index in [1.165, 1.54) is 23.1 Å². The number of aryl methyl sites for hydroxylation is 1. The second kappa shape index (κ2) is 3.58. The zero-order valence-electron chi connectivity index (χ0n) is 8.80. The van der Waals surface area contributed by atoms with E-state index in [1.807, 2.05) is 0 Å². The van der Waals surface area contributed by atoms with Gasteiger partial charge in [0.05, 0.1) is 7.11 Å². The van der Waals surface area contributed by atoms with E-state index in [0.717, 1.165) is 5.75 Å². The summed E-state index contributed by atoms with van der Waals surface area (Å²) in [7, 11) is 1.75. The molecule has 0 saturated heterocycles. The number of alkyl halides is 1. The van der Waals surface area contributed by atoms with E-state index in [4.69, 9.17) is 4.74 Å². The quantitative estimate of drug-likeness (QED) is 0.690. The monoisotopic (exact) mass is 254 g/mol. The Hall–Kier alpha value is -0.500. The van der Waals surface area contributed by atoms with Crippen molar-refractivity contribution in [3.8, 4) is 5.75 Å². The van der Waals surface area contributed by atoms with Crippen molar-refractivity contribution in [1.82, 2.24) is 0 Å². The van der Waals surface area contributed by atoms with E-state index >= 15 is 0 Å². The van der Waals surface area contributed by atoms with Gasteiger partial charge >= 0.3 is 0 Å². The van der Waals surface area contributed by atoms with Crippen LogP contribution in [0.3, 0.4) is 0 Å². The van der Waals surface area contributed by atoms with Crippen LogP contribution in [0, 0.1) is 6.92 Å². The summed E-state index contributed by atoms with van der Waals surface area (Å²) < 4.78 is 5.41. The molecule has 1 aliphatic carbocycles. The molecule has 0 bridgehead atoms. The molecule has 1 aromatic carbocycles. The molecular weight excluding hydrogens is 240 g/mol. The van der Waals surface area contributed by atoms with Gasteiger partial charge in [0.2, 0.25) is 0 Å². The molecule has 1 nitrogen and oxygen atoms in total. The minimum atomic E-state index is 0.502. The van der Waals surface area contributed by atoms with Gasteiger partial charge in [0.15, 0.2) is 0 Å². The number of hydrogen-bond donors (Lipinski definition) is 0. The van der Waals surface area contributed by atoms with Crippen LogP contribution < -0.4 is 4.74 Å². The number of halogens is 1. The molecule has 76 valence electrons. The maximum absolute atomic E-state index is 5.41. The largest absolute Gasteiger partial charge is 0.496 e. The highest BCUT2D eigenvalue weighted by atomic mass is 79.9. The van der Waals surface area contributed by atoms with E-state index in [-0.39, 0.29) is 0 Å². The van der Waals surface area contributed by atoms with Crippen molar-refractivity contribution in [2.75, 3.05) is 7.11 Å². The molecule has 0 spiro atoms. The Morgan fingerprint density at radius 2 is 2.07 bits per heavy atom. The van der Waals surface area contributed by atoms with Crippen molar-refractivity contribution in [2.24, 2.45) is 0 Å². The van der Waals surface area contributed by atoms with Gasteiger partial charge in [-0.1, -0.05) is 28.9 Å². The van der Waals surface area contributed by atoms with Crippen molar-refractivity contribution in [3.63, 3.8) is 0 Å². The second-order valence-corrected chi connectivity index (χ2v) is 5.12. The third-order valence-electron chi connectivity index (χ3n) is 3.05. The average molecular weight is 255 g/mol. The summed E-state index contributed by atoms with van der Waals surface area (Å²) in [6, 6.07) is 4.22. The molecule has 1 aromatic rings. The summed E-state index contributed by atoms with van der Waals surface area (Å²) in [5, 5.41) is 0. The van der Waals surface area contributed by atoms with Gasteiger partial charge in [0.25, 0.3) is 0 Å². The molecule has 1 aliphatic rings. The molecule has 14 heavy (non-hydrogen) atoms. The molecule has 0 saturated carbocycles. The number of hydrogen-bond acceptors (Lipinski definition) is 1. The summed E-state index contributed by atoms with van der Waals surface area (Å²) >= 11 is 3.74. The minimum absolute atomic E-state index is 0.502. The van der Waals surface area contributed by atoms with Crippen LogP contribution in [0.4, 0.5) is 0 Å². The van der Waals surface area contributed by atoms with Gasteiger partial charge in [-0.3, -0.25) is 0 Å². The lowest BCUT2D eigenvalue weighted by molar-refractivity contribution is 0.407. The van der Waals surface area contributed by atoms with Crippen molar-refractivity contribution >= 4 is 15.9 Å². The average Bonchev–Trinajstić information content (AvgIpc) is 2.44. The van der Waals surface area contributed by atoms with Crippen LogP contribution in [-0.2, 0) is 0 Å². The molecule has 0 fully saturated rings. The normalized spacial score (nSPS) is 24.9. The highest BCUT2D eigenvalue weighted by Gasteiger charge is 2.30. The van der Waals surface area contributed by atoms with Gasteiger partial charge in [-0.25, -0.2) is 0 Å². The standard InChI is InChI=1S/C12H15BrO/c1-7-4-5-10(14-3)12-8(2)6-9(13)11(7)12/h4-5,8-9H,6H2,1-3H3. The number of fused-ring (bicyclic) bond motifs is 1. The highest BCUT2D eigenvalue weighted by molar-refractivity contribution is 9.09. The smallest absolute Gasteiger partial charge is 0.122 e. The summed E-state index contributed by atoms with van der Waals surface area (Å²) in [4.78, 5) is 0.502. The highest BCUT2D eigenvalue weighted by Crippen LogP contribution is 2.49. The molecule has 0 N–H and O–H groups in total. The Kier molecular flexibility index (Phi) is 2.56. The fourth-order valence-corrected chi connectivity index (χ4v) is 3.54. The van der Waals surface area contributed by atoms with Crippen molar-refractivity contribution in [3.05, 3.63) is 28.8 Å². The molecular formula is C12H15BrO. The lowest BCUT2D eigenvalue weighted by atomic mass is 9.99. The first-order chi connectivity index (χ1) is 6.65. The second-order valence-electron chi connectivity index (χ2n) is 4.02. The Bertz CT molecular complexity index is 360. The van der Waals surface area contributed by atoms with E-state index in [0.29, 0.717) is 10.7 Å². The summed E-state index contributed by atoms with van der Waals surface area (Å²) in [6.45, 7) is 4.44. The third-order valence-corrected chi connectivity index (χ3v) is 3.88. The topological polar surface area (TPSA) is 9.23 Å². The van der Waals surface area contributed by atoms with E-state index in [9.17, 15) is 0 Å². The zero-order valence-corrected chi connectivity index (χ0v) is 10.4. The van der Waals surface area contributed by atoms with Crippen molar-refractivity contribution in [1.29, 1.82) is 0 Å². The number of ether oxygens (including phenoxy) is 1. The van der Waals surface area contributed by atoms with Gasteiger partial charge in [-0.2, -0.15) is 0 Å². The first kappa shape index (κ1) is 10.0. The lowest BCUT2D eigenvalue weighted by Gasteiger charge is -2.12. The van der Waals surface area contributed by atoms with Crippen molar-refractivity contribution in [2.45, 2.75) is 31.0 Å². The Balaban J connectivity index is 2.63. The predicted molar refractivity (Wildman–Crippen MR) is 62.4 cm³/mol. The van der Waals surface area contributed by atoms with E-state index in [1.54, 1.807) is 7.11 Å². The van der Waals surface area contributed by atoms with Crippen molar-refractivity contribution < 1.29 is 4.74 Å². The molecule has 0 radical (unpaired) electrons. The van der Waals surface area contributed by atoms with Crippen LogP contribution in [0.2, 0.25) is 0 Å². The SMILES string of the molecule is COc1ccc(C)c2c1C(C)CC2Br. The number of rotatable bonds is 1. The van der Waals surface area contributed by atoms with E-state index < -0.39 is 0 Å². The summed E-state index contributed by atoms with van der Waals surface area (Å²) in [5.41, 5.74) is 4.21. The first-order valence-electron chi connectivity index (χ1n) is 4.96. The summed E-state index contributed by atoms with van der Waals surface area (Å²) in [6.07, 6.45) is 1.18. The Labute approximate surface area is 93.6 Å². The fraction of sp³-hybridized carbons (Fsp3) is 0.500. The summed E-state index contributed by atoms with van der Waals surface area (Å²) in [5.74, 6) is 1.64. The molecule has 2 unspecified atom stereocenters. The lowest BCUT2D eigenvalue weighted by Crippen LogP contribution is -1.95. The Morgan fingerprint density at radius 3 is 2.71 bits per heavy atom. The molecule has 2 atom stereocenters. The zero-order chi connectivity index (χ0) is 10.3. The first-order valence-corrected chi connectivity index (χ1v) is 5.88.